The predicted molar refractivity (Wildman–Crippen MR) is 70.1 cm³/mol. The van der Waals surface area contributed by atoms with Crippen LogP contribution in [0.25, 0.3) is 0 Å². The van der Waals surface area contributed by atoms with Crippen molar-refractivity contribution >= 4 is 29.2 Å². The quantitative estimate of drug-likeness (QED) is 0.518. The normalized spacial score (nSPS) is 11.4. The lowest BCUT2D eigenvalue weighted by atomic mass is 9.93. The fraction of sp³-hybridized carbons (Fsp3) is 0.909. The molecule has 3 heteroatoms. The Hall–Kier alpha value is 0.240. The van der Waals surface area contributed by atoms with Crippen molar-refractivity contribution in [1.82, 2.24) is 0 Å². The summed E-state index contributed by atoms with van der Waals surface area (Å²) in [7, 11) is 0. The third-order valence-electron chi connectivity index (χ3n) is 2.45. The third kappa shape index (κ3) is 6.66. The topological polar surface area (TPSA) is 9.23 Å². The molecule has 0 saturated heterocycles. The minimum atomic E-state index is -0.0924. The van der Waals surface area contributed by atoms with E-state index in [9.17, 15) is 0 Å². The average molecular weight is 234 g/mol. The molecular formula is C11H22OS2. The number of thiol groups is 1. The minimum absolute atomic E-state index is 0.0924. The number of hydrogen-bond donors (Lipinski definition) is 1. The van der Waals surface area contributed by atoms with E-state index >= 15 is 0 Å². The molecule has 14 heavy (non-hydrogen) atoms. The highest BCUT2D eigenvalue weighted by Gasteiger charge is 2.25. The Labute approximate surface area is 99.0 Å². The highest BCUT2D eigenvalue weighted by Crippen LogP contribution is 2.26. The van der Waals surface area contributed by atoms with Gasteiger partial charge in [0.25, 0.3) is 0 Å². The highest BCUT2D eigenvalue weighted by atomic mass is 32.1. The molecule has 1 nitrogen and oxygen atoms in total. The van der Waals surface area contributed by atoms with Crippen LogP contribution in [0.3, 0.4) is 0 Å². The number of unbranched alkanes of at least 4 members (excludes halogenated alkanes) is 2. The van der Waals surface area contributed by atoms with Crippen molar-refractivity contribution < 1.29 is 4.74 Å². The molecule has 0 N–H and O–H groups in total. The van der Waals surface area contributed by atoms with Crippen molar-refractivity contribution in [3.8, 4) is 0 Å². The lowest BCUT2D eigenvalue weighted by Crippen LogP contribution is -2.29. The molecule has 0 aromatic carbocycles. The summed E-state index contributed by atoms with van der Waals surface area (Å²) in [6.45, 7) is 6.53. The Morgan fingerprint density at radius 3 is 1.93 bits per heavy atom. The molecule has 0 heterocycles. The molecule has 0 aromatic rings. The number of rotatable bonds is 7. The molecule has 0 amide bonds. The summed E-state index contributed by atoms with van der Waals surface area (Å²) in [5.74, 6) is 0. The first-order valence-corrected chi connectivity index (χ1v) is 6.31. The molecule has 84 valence electrons. The van der Waals surface area contributed by atoms with Crippen molar-refractivity contribution in [3.63, 3.8) is 0 Å². The Balaban J connectivity index is 4.09. The van der Waals surface area contributed by atoms with E-state index in [0.29, 0.717) is 4.38 Å². The highest BCUT2D eigenvalue weighted by molar-refractivity contribution is 8.10. The number of hydrogen-bond acceptors (Lipinski definition) is 2. The van der Waals surface area contributed by atoms with E-state index in [4.69, 9.17) is 17.0 Å². The van der Waals surface area contributed by atoms with Gasteiger partial charge in [0.05, 0.1) is 0 Å². The van der Waals surface area contributed by atoms with Gasteiger partial charge in [0.15, 0.2) is 0 Å². The van der Waals surface area contributed by atoms with E-state index in [1.165, 1.54) is 25.7 Å². The summed E-state index contributed by atoms with van der Waals surface area (Å²) < 4.78 is 6.01. The van der Waals surface area contributed by atoms with Crippen LogP contribution in [0.4, 0.5) is 0 Å². The number of ether oxygens (including phenoxy) is 1. The van der Waals surface area contributed by atoms with Gasteiger partial charge < -0.3 is 4.74 Å². The first kappa shape index (κ1) is 14.2. The Kier molecular flexibility index (Phi) is 7.65. The summed E-state index contributed by atoms with van der Waals surface area (Å²) in [4.78, 5) is 0. The zero-order chi connectivity index (χ0) is 11.0. The molecule has 0 spiro atoms. The second-order valence-electron chi connectivity index (χ2n) is 4.02. The van der Waals surface area contributed by atoms with Gasteiger partial charge in [-0.2, -0.15) is 0 Å². The summed E-state index contributed by atoms with van der Waals surface area (Å²) in [6, 6.07) is 0. The van der Waals surface area contributed by atoms with Crippen LogP contribution in [-0.2, 0) is 4.74 Å². The molecule has 0 aliphatic rings. The van der Waals surface area contributed by atoms with E-state index in [0.717, 1.165) is 12.8 Å². The smallest absolute Gasteiger partial charge is 0.217 e. The van der Waals surface area contributed by atoms with Gasteiger partial charge in [-0.25, -0.2) is 0 Å². The van der Waals surface area contributed by atoms with Crippen LogP contribution >= 0.6 is 24.8 Å². The summed E-state index contributed by atoms with van der Waals surface area (Å²) in [5.41, 5.74) is -0.0924. The van der Waals surface area contributed by atoms with Gasteiger partial charge >= 0.3 is 0 Å². The summed E-state index contributed by atoms with van der Waals surface area (Å²) in [5, 5.41) is 0. The molecule has 0 bridgehead atoms. The van der Waals surface area contributed by atoms with Gasteiger partial charge in [-0.15, -0.1) is 0 Å². The Bertz CT molecular complexity index is 161. The van der Waals surface area contributed by atoms with Crippen molar-refractivity contribution in [2.45, 2.75) is 64.9 Å². The monoisotopic (exact) mass is 234 g/mol. The Morgan fingerprint density at radius 2 is 1.64 bits per heavy atom. The predicted octanol–water partition coefficient (Wildman–Crippen LogP) is 4.36. The van der Waals surface area contributed by atoms with Gasteiger partial charge in [0.2, 0.25) is 4.38 Å². The third-order valence-corrected chi connectivity index (χ3v) is 2.63. The van der Waals surface area contributed by atoms with E-state index in [-0.39, 0.29) is 5.60 Å². The fourth-order valence-electron chi connectivity index (χ4n) is 1.54. The SMILES string of the molecule is CCCCC(C)(CCCC)OC(=S)S. The standard InChI is InChI=1S/C11H22OS2/c1-4-6-8-11(3,9-7-5-2)12-10(13)14/h4-9H2,1-3H3,(H,13,14). The van der Waals surface area contributed by atoms with E-state index in [2.05, 4.69) is 33.4 Å². The second-order valence-corrected chi connectivity index (χ2v) is 5.10. The minimum Gasteiger partial charge on any atom is -0.472 e. The van der Waals surface area contributed by atoms with Crippen LogP contribution in [0.5, 0.6) is 0 Å². The van der Waals surface area contributed by atoms with Crippen LogP contribution in [0.15, 0.2) is 0 Å². The first-order chi connectivity index (χ1) is 6.54. The molecular weight excluding hydrogens is 212 g/mol. The lowest BCUT2D eigenvalue weighted by Gasteiger charge is -2.29. The summed E-state index contributed by atoms with van der Waals surface area (Å²) in [6.07, 6.45) is 6.93. The van der Waals surface area contributed by atoms with Crippen molar-refractivity contribution in [1.29, 1.82) is 0 Å². The molecule has 0 radical (unpaired) electrons. The van der Waals surface area contributed by atoms with Crippen LogP contribution < -0.4 is 0 Å². The zero-order valence-electron chi connectivity index (χ0n) is 9.51. The molecule has 0 aliphatic heterocycles. The molecule has 0 aliphatic carbocycles. The molecule has 0 saturated carbocycles. The largest absolute Gasteiger partial charge is 0.472 e. The lowest BCUT2D eigenvalue weighted by molar-refractivity contribution is 0.0606. The Morgan fingerprint density at radius 1 is 1.21 bits per heavy atom. The van der Waals surface area contributed by atoms with Crippen LogP contribution in [0.2, 0.25) is 0 Å². The van der Waals surface area contributed by atoms with Gasteiger partial charge in [-0.3, -0.25) is 0 Å². The van der Waals surface area contributed by atoms with Gasteiger partial charge in [-0.05, 0) is 44.8 Å². The molecule has 0 fully saturated rings. The van der Waals surface area contributed by atoms with E-state index in [1.807, 2.05) is 0 Å². The maximum absolute atomic E-state index is 5.64. The molecule has 0 unspecified atom stereocenters. The maximum Gasteiger partial charge on any atom is 0.217 e. The average Bonchev–Trinajstić information content (AvgIpc) is 2.11. The van der Waals surface area contributed by atoms with Crippen LogP contribution in [0.1, 0.15) is 59.3 Å². The van der Waals surface area contributed by atoms with E-state index in [1.54, 1.807) is 0 Å². The fourth-order valence-corrected chi connectivity index (χ4v) is 1.96. The van der Waals surface area contributed by atoms with Crippen molar-refractivity contribution in [2.75, 3.05) is 0 Å². The molecule has 0 atom stereocenters. The van der Waals surface area contributed by atoms with Crippen molar-refractivity contribution in [3.05, 3.63) is 0 Å². The van der Waals surface area contributed by atoms with Gasteiger partial charge in [0, 0.05) is 0 Å². The van der Waals surface area contributed by atoms with Gasteiger partial charge in [0.1, 0.15) is 5.60 Å². The van der Waals surface area contributed by atoms with Gasteiger partial charge in [-0.1, -0.05) is 39.3 Å². The second kappa shape index (κ2) is 7.52. The molecule has 0 rings (SSSR count). The van der Waals surface area contributed by atoms with Crippen LogP contribution in [0, 0.1) is 0 Å². The number of thiocarbonyl (C=S) groups is 1. The maximum atomic E-state index is 5.64. The first-order valence-electron chi connectivity index (χ1n) is 5.46. The summed E-state index contributed by atoms with van der Waals surface area (Å²) >= 11 is 8.93. The van der Waals surface area contributed by atoms with Crippen molar-refractivity contribution in [2.24, 2.45) is 0 Å². The van der Waals surface area contributed by atoms with Crippen LogP contribution in [-0.4, -0.2) is 9.98 Å². The zero-order valence-corrected chi connectivity index (χ0v) is 11.2. The van der Waals surface area contributed by atoms with E-state index < -0.39 is 0 Å². The molecule has 0 aromatic heterocycles.